The van der Waals surface area contributed by atoms with Crippen LogP contribution in [-0.2, 0) is 4.79 Å². The van der Waals surface area contributed by atoms with Gasteiger partial charge in [-0.25, -0.2) is 0 Å². The van der Waals surface area contributed by atoms with Gasteiger partial charge in [0.05, 0.1) is 18.8 Å². The van der Waals surface area contributed by atoms with E-state index in [0.717, 1.165) is 15.6 Å². The third kappa shape index (κ3) is 4.61. The molecule has 0 radical (unpaired) electrons. The highest BCUT2D eigenvalue weighted by molar-refractivity contribution is 9.10. The Morgan fingerprint density at radius 3 is 2.54 bits per heavy atom. The Hall–Kier alpha value is -2.78. The van der Waals surface area contributed by atoms with Gasteiger partial charge in [0.2, 0.25) is 0 Å². The topological polar surface area (TPSA) is 85.3 Å². The van der Waals surface area contributed by atoms with Crippen LogP contribution in [0.25, 0.3) is 11.6 Å². The first kappa shape index (κ1) is 17.6. The molecule has 2 aromatic rings. The molecule has 0 aliphatic rings. The van der Waals surface area contributed by atoms with Gasteiger partial charge in [0.25, 0.3) is 5.91 Å². The lowest BCUT2D eigenvalue weighted by Crippen LogP contribution is -2.20. The predicted octanol–water partition coefficient (Wildman–Crippen LogP) is 3.39. The summed E-state index contributed by atoms with van der Waals surface area (Å²) in [6.45, 7) is -0.228. The Morgan fingerprint density at radius 2 is 1.96 bits per heavy atom. The maximum absolute atomic E-state index is 10.8. The van der Waals surface area contributed by atoms with Crippen molar-refractivity contribution in [2.45, 2.75) is 0 Å². The van der Waals surface area contributed by atoms with Gasteiger partial charge in [-0.15, -0.1) is 0 Å². The molecule has 0 fully saturated rings. The zero-order chi connectivity index (χ0) is 17.5. The molecule has 2 aromatic carbocycles. The zero-order valence-corrected chi connectivity index (χ0v) is 14.5. The number of nitrogens with zero attached hydrogens (tertiary/aromatic N) is 1. The summed E-state index contributed by atoms with van der Waals surface area (Å²) >= 11 is 3.37. The van der Waals surface area contributed by atoms with Gasteiger partial charge in [-0.2, -0.15) is 5.26 Å². The van der Waals surface area contributed by atoms with Gasteiger partial charge in [0, 0.05) is 4.47 Å². The second-order valence-corrected chi connectivity index (χ2v) is 5.76. The lowest BCUT2D eigenvalue weighted by molar-refractivity contribution is -0.119. The molecule has 24 heavy (non-hydrogen) atoms. The van der Waals surface area contributed by atoms with Crippen molar-refractivity contribution in [3.63, 3.8) is 0 Å². The van der Waals surface area contributed by atoms with Crippen LogP contribution in [0.1, 0.15) is 11.1 Å². The van der Waals surface area contributed by atoms with Gasteiger partial charge >= 0.3 is 0 Å². The molecule has 122 valence electrons. The minimum atomic E-state index is -0.567. The molecule has 0 aliphatic carbocycles. The molecule has 5 nitrogen and oxygen atoms in total. The van der Waals surface area contributed by atoms with Crippen molar-refractivity contribution in [1.29, 1.82) is 5.26 Å². The van der Waals surface area contributed by atoms with Crippen LogP contribution in [0.4, 0.5) is 0 Å². The van der Waals surface area contributed by atoms with Crippen LogP contribution < -0.4 is 15.2 Å². The molecular weight excluding hydrogens is 372 g/mol. The van der Waals surface area contributed by atoms with Crippen LogP contribution in [-0.4, -0.2) is 19.6 Å². The highest BCUT2D eigenvalue weighted by Crippen LogP contribution is 2.30. The van der Waals surface area contributed by atoms with Crippen LogP contribution in [0.5, 0.6) is 11.5 Å². The van der Waals surface area contributed by atoms with E-state index in [4.69, 9.17) is 15.2 Å². The van der Waals surface area contributed by atoms with Crippen LogP contribution in [0.15, 0.2) is 46.9 Å². The van der Waals surface area contributed by atoms with Gasteiger partial charge in [-0.3, -0.25) is 4.79 Å². The fourth-order valence-electron chi connectivity index (χ4n) is 2.02. The zero-order valence-electron chi connectivity index (χ0n) is 13.0. The highest BCUT2D eigenvalue weighted by Gasteiger charge is 2.08. The number of halogens is 1. The summed E-state index contributed by atoms with van der Waals surface area (Å²) in [4.78, 5) is 10.8. The third-order valence-corrected chi connectivity index (χ3v) is 3.67. The van der Waals surface area contributed by atoms with Gasteiger partial charge in [0.15, 0.2) is 18.1 Å². The van der Waals surface area contributed by atoms with Gasteiger partial charge in [-0.1, -0.05) is 34.1 Å². The number of hydrogen-bond acceptors (Lipinski definition) is 4. The fraction of sp³-hybridized carbons (Fsp3) is 0.111. The van der Waals surface area contributed by atoms with E-state index in [2.05, 4.69) is 22.0 Å². The Balaban J connectivity index is 2.32. The number of benzene rings is 2. The number of carbonyl (C=O) groups is 1. The third-order valence-electron chi connectivity index (χ3n) is 3.14. The molecular formula is C18H15BrN2O3. The first-order valence-corrected chi connectivity index (χ1v) is 7.79. The van der Waals surface area contributed by atoms with Gasteiger partial charge < -0.3 is 15.2 Å². The first-order valence-electron chi connectivity index (χ1n) is 7.00. The lowest BCUT2D eigenvalue weighted by atomic mass is 10.0. The molecule has 0 saturated heterocycles. The molecule has 2 N–H and O–H groups in total. The predicted molar refractivity (Wildman–Crippen MR) is 95.3 cm³/mol. The van der Waals surface area contributed by atoms with Crippen LogP contribution in [0, 0.1) is 11.3 Å². The number of primary amides is 1. The Bertz CT molecular complexity index is 808. The van der Waals surface area contributed by atoms with Crippen molar-refractivity contribution in [3.8, 4) is 17.6 Å². The SMILES string of the molecule is COc1cc(/C=C(\C#N)c2ccc(Br)cc2)ccc1OCC(N)=O. The van der Waals surface area contributed by atoms with Crippen molar-refractivity contribution < 1.29 is 14.3 Å². The second kappa shape index (κ2) is 8.18. The first-order chi connectivity index (χ1) is 11.5. The van der Waals surface area contributed by atoms with E-state index in [0.29, 0.717) is 17.1 Å². The van der Waals surface area contributed by atoms with Crippen LogP contribution >= 0.6 is 15.9 Å². The number of amides is 1. The van der Waals surface area contributed by atoms with E-state index >= 15 is 0 Å². The van der Waals surface area contributed by atoms with Crippen LogP contribution in [0.3, 0.4) is 0 Å². The monoisotopic (exact) mass is 386 g/mol. The second-order valence-electron chi connectivity index (χ2n) is 4.84. The lowest BCUT2D eigenvalue weighted by Gasteiger charge is -2.10. The van der Waals surface area contributed by atoms with Gasteiger partial charge in [-0.05, 0) is 41.5 Å². The average Bonchev–Trinajstić information content (AvgIpc) is 2.59. The highest BCUT2D eigenvalue weighted by atomic mass is 79.9. The minimum absolute atomic E-state index is 0.228. The van der Waals surface area contributed by atoms with E-state index in [1.165, 1.54) is 7.11 Å². The summed E-state index contributed by atoms with van der Waals surface area (Å²) in [5.41, 5.74) is 7.18. The molecule has 0 atom stereocenters. The van der Waals surface area contributed by atoms with E-state index < -0.39 is 5.91 Å². The molecule has 0 heterocycles. The summed E-state index contributed by atoms with van der Waals surface area (Å²) < 4.78 is 11.5. The Kier molecular flexibility index (Phi) is 5.99. The van der Waals surface area contributed by atoms with Gasteiger partial charge in [0.1, 0.15) is 0 Å². The number of carbonyl (C=O) groups excluding carboxylic acids is 1. The number of allylic oxidation sites excluding steroid dienone is 1. The van der Waals surface area contributed by atoms with Crippen LogP contribution in [0.2, 0.25) is 0 Å². The number of hydrogen-bond donors (Lipinski definition) is 1. The van der Waals surface area contributed by atoms with Crippen molar-refractivity contribution >= 4 is 33.5 Å². The molecule has 1 amide bonds. The summed E-state index contributed by atoms with van der Waals surface area (Å²) in [6, 6.07) is 14.8. The molecule has 6 heteroatoms. The summed E-state index contributed by atoms with van der Waals surface area (Å²) in [5, 5.41) is 9.40. The summed E-state index contributed by atoms with van der Waals surface area (Å²) in [7, 11) is 1.50. The Morgan fingerprint density at radius 1 is 1.25 bits per heavy atom. The number of nitriles is 1. The molecule has 0 saturated carbocycles. The van der Waals surface area contributed by atoms with E-state index in [1.807, 2.05) is 24.3 Å². The van der Waals surface area contributed by atoms with E-state index in [1.54, 1.807) is 24.3 Å². The molecule has 0 unspecified atom stereocenters. The van der Waals surface area contributed by atoms with Crippen molar-refractivity contribution in [1.82, 2.24) is 0 Å². The maximum atomic E-state index is 10.8. The van der Waals surface area contributed by atoms with E-state index in [-0.39, 0.29) is 6.61 Å². The number of nitrogens with two attached hydrogens (primary N) is 1. The van der Waals surface area contributed by atoms with Crippen molar-refractivity contribution in [3.05, 3.63) is 58.1 Å². The average molecular weight is 387 g/mol. The normalized spacial score (nSPS) is 10.8. The molecule has 2 rings (SSSR count). The minimum Gasteiger partial charge on any atom is -0.493 e. The molecule has 0 spiro atoms. The summed E-state index contributed by atoms with van der Waals surface area (Å²) in [5.74, 6) is 0.303. The van der Waals surface area contributed by atoms with Crippen molar-refractivity contribution in [2.24, 2.45) is 5.73 Å². The molecule has 0 aliphatic heterocycles. The maximum Gasteiger partial charge on any atom is 0.255 e. The quantitative estimate of drug-likeness (QED) is 0.608. The molecule has 0 aromatic heterocycles. The fourth-order valence-corrected chi connectivity index (χ4v) is 2.28. The number of ether oxygens (including phenoxy) is 2. The summed E-state index contributed by atoms with van der Waals surface area (Å²) in [6.07, 6.45) is 1.75. The number of methoxy groups -OCH3 is 1. The number of rotatable bonds is 6. The standard InChI is InChI=1S/C18H15BrN2O3/c1-23-17-9-12(2-7-16(17)24-11-18(21)22)8-14(10-20)13-3-5-15(19)6-4-13/h2-9H,11H2,1H3,(H2,21,22)/b14-8+. The Labute approximate surface area is 148 Å². The van der Waals surface area contributed by atoms with E-state index in [9.17, 15) is 10.1 Å². The smallest absolute Gasteiger partial charge is 0.255 e. The molecule has 0 bridgehead atoms. The van der Waals surface area contributed by atoms with Crippen molar-refractivity contribution in [2.75, 3.05) is 13.7 Å². The largest absolute Gasteiger partial charge is 0.493 e.